The molecule has 0 fully saturated rings. The van der Waals surface area contributed by atoms with E-state index in [-0.39, 0.29) is 6.04 Å². The number of benzene rings is 1. The van der Waals surface area contributed by atoms with Gasteiger partial charge in [0.2, 0.25) is 0 Å². The molecule has 1 aromatic heterocycles. The van der Waals surface area contributed by atoms with Crippen LogP contribution in [0.5, 0.6) is 5.75 Å². The molecule has 0 unspecified atom stereocenters. The molecule has 18 heavy (non-hydrogen) atoms. The lowest BCUT2D eigenvalue weighted by Gasteiger charge is -2.10. The smallest absolute Gasteiger partial charge is 0.167 e. The number of hydrogen-bond acceptors (Lipinski definition) is 4. The Hall–Kier alpha value is -1.88. The Kier molecular flexibility index (Phi) is 3.94. The molecule has 5 nitrogen and oxygen atoms in total. The van der Waals surface area contributed by atoms with Gasteiger partial charge in [-0.05, 0) is 18.1 Å². The van der Waals surface area contributed by atoms with E-state index in [2.05, 4.69) is 15.2 Å². The molecule has 1 heterocycles. The maximum atomic E-state index is 5.97. The van der Waals surface area contributed by atoms with Crippen LogP contribution in [0, 0.1) is 5.92 Å². The number of aromatic nitrogens is 3. The van der Waals surface area contributed by atoms with E-state index in [1.165, 1.54) is 0 Å². The maximum absolute atomic E-state index is 5.97. The van der Waals surface area contributed by atoms with Crippen LogP contribution in [0.2, 0.25) is 0 Å². The average molecular weight is 246 g/mol. The van der Waals surface area contributed by atoms with Gasteiger partial charge in [0.15, 0.2) is 11.6 Å². The minimum atomic E-state index is -0.147. The zero-order chi connectivity index (χ0) is 13.0. The quantitative estimate of drug-likeness (QED) is 0.846. The van der Waals surface area contributed by atoms with E-state index < -0.39 is 0 Å². The first-order valence-corrected chi connectivity index (χ1v) is 6.01. The van der Waals surface area contributed by atoms with Gasteiger partial charge in [-0.1, -0.05) is 32.0 Å². The molecule has 0 aliphatic rings. The predicted octanol–water partition coefficient (Wildman–Crippen LogP) is 2.04. The van der Waals surface area contributed by atoms with Crippen LogP contribution in [0.25, 0.3) is 0 Å². The van der Waals surface area contributed by atoms with Crippen molar-refractivity contribution in [2.75, 3.05) is 0 Å². The Morgan fingerprint density at radius 3 is 2.67 bits per heavy atom. The van der Waals surface area contributed by atoms with Crippen molar-refractivity contribution in [3.63, 3.8) is 0 Å². The van der Waals surface area contributed by atoms with Gasteiger partial charge in [-0.3, -0.25) is 5.10 Å². The fourth-order valence-electron chi connectivity index (χ4n) is 1.49. The lowest BCUT2D eigenvalue weighted by Crippen LogP contribution is -2.18. The van der Waals surface area contributed by atoms with Crippen LogP contribution in [0.3, 0.4) is 0 Å². The largest absolute Gasteiger partial charge is 0.486 e. The summed E-state index contributed by atoms with van der Waals surface area (Å²) in [6.45, 7) is 4.45. The van der Waals surface area contributed by atoms with Crippen molar-refractivity contribution in [2.45, 2.75) is 26.5 Å². The number of nitrogens with one attached hydrogen (secondary N) is 1. The van der Waals surface area contributed by atoms with Gasteiger partial charge in [0.05, 0.1) is 6.04 Å². The van der Waals surface area contributed by atoms with E-state index in [1.807, 2.05) is 44.2 Å². The van der Waals surface area contributed by atoms with Crippen molar-refractivity contribution in [1.82, 2.24) is 15.2 Å². The number of aromatic amines is 1. The van der Waals surface area contributed by atoms with E-state index in [0.717, 1.165) is 5.75 Å². The lowest BCUT2D eigenvalue weighted by atomic mass is 10.1. The Balaban J connectivity index is 1.95. The third-order valence-electron chi connectivity index (χ3n) is 2.68. The fraction of sp³-hybridized carbons (Fsp3) is 0.385. The zero-order valence-corrected chi connectivity index (χ0v) is 10.6. The summed E-state index contributed by atoms with van der Waals surface area (Å²) in [4.78, 5) is 4.33. The fourth-order valence-corrected chi connectivity index (χ4v) is 1.49. The molecule has 0 spiro atoms. The highest BCUT2D eigenvalue weighted by Crippen LogP contribution is 2.15. The second kappa shape index (κ2) is 5.64. The van der Waals surface area contributed by atoms with Crippen molar-refractivity contribution in [3.8, 4) is 5.75 Å². The molecule has 0 saturated carbocycles. The van der Waals surface area contributed by atoms with Crippen molar-refractivity contribution in [3.05, 3.63) is 42.0 Å². The summed E-state index contributed by atoms with van der Waals surface area (Å²) >= 11 is 0. The third kappa shape index (κ3) is 3.07. The molecule has 2 aromatic rings. The van der Waals surface area contributed by atoms with Gasteiger partial charge in [-0.25, -0.2) is 4.98 Å². The van der Waals surface area contributed by atoms with Gasteiger partial charge in [0.1, 0.15) is 12.4 Å². The first-order valence-electron chi connectivity index (χ1n) is 6.01. The molecule has 0 saturated heterocycles. The van der Waals surface area contributed by atoms with E-state index in [1.54, 1.807) is 0 Å². The SMILES string of the molecule is CC(C)[C@H](N)c1n[nH]c(COc2ccccc2)n1. The van der Waals surface area contributed by atoms with Crippen molar-refractivity contribution >= 4 is 0 Å². The Labute approximate surface area is 106 Å². The number of nitrogens with zero attached hydrogens (tertiary/aromatic N) is 2. The summed E-state index contributed by atoms with van der Waals surface area (Å²) in [5.74, 6) is 2.44. The minimum Gasteiger partial charge on any atom is -0.486 e. The van der Waals surface area contributed by atoms with Crippen LogP contribution in [0.15, 0.2) is 30.3 Å². The normalized spacial score (nSPS) is 12.7. The number of para-hydroxylation sites is 1. The standard InChI is InChI=1S/C13H18N4O/c1-9(2)12(14)13-15-11(16-17-13)8-18-10-6-4-3-5-7-10/h3-7,9,12H,8,14H2,1-2H3,(H,15,16,17)/t12-/m0/s1. The number of rotatable bonds is 5. The highest BCUT2D eigenvalue weighted by Gasteiger charge is 2.15. The summed E-state index contributed by atoms with van der Waals surface area (Å²) in [6.07, 6.45) is 0. The Morgan fingerprint density at radius 1 is 1.28 bits per heavy atom. The molecule has 0 aliphatic heterocycles. The molecule has 1 aromatic carbocycles. The van der Waals surface area contributed by atoms with Gasteiger partial charge in [0, 0.05) is 0 Å². The summed E-state index contributed by atoms with van der Waals surface area (Å²) in [5.41, 5.74) is 5.97. The highest BCUT2D eigenvalue weighted by molar-refractivity contribution is 5.21. The number of ether oxygens (including phenoxy) is 1. The van der Waals surface area contributed by atoms with Crippen LogP contribution in [-0.4, -0.2) is 15.2 Å². The summed E-state index contributed by atoms with van der Waals surface area (Å²) < 4.78 is 5.57. The summed E-state index contributed by atoms with van der Waals surface area (Å²) in [7, 11) is 0. The van der Waals surface area contributed by atoms with Crippen LogP contribution in [0.1, 0.15) is 31.5 Å². The molecule has 0 radical (unpaired) electrons. The van der Waals surface area contributed by atoms with Crippen molar-refractivity contribution in [2.24, 2.45) is 11.7 Å². The number of H-pyrrole nitrogens is 1. The van der Waals surface area contributed by atoms with Gasteiger partial charge in [-0.15, -0.1) is 0 Å². The Bertz CT molecular complexity index is 481. The monoisotopic (exact) mass is 246 g/mol. The second-order valence-electron chi connectivity index (χ2n) is 4.51. The van der Waals surface area contributed by atoms with Gasteiger partial charge in [0.25, 0.3) is 0 Å². The first kappa shape index (κ1) is 12.6. The molecule has 0 bridgehead atoms. The third-order valence-corrected chi connectivity index (χ3v) is 2.68. The van der Waals surface area contributed by atoms with E-state index in [4.69, 9.17) is 10.5 Å². The zero-order valence-electron chi connectivity index (χ0n) is 10.6. The number of nitrogens with two attached hydrogens (primary N) is 1. The average Bonchev–Trinajstić information content (AvgIpc) is 2.85. The lowest BCUT2D eigenvalue weighted by molar-refractivity contribution is 0.296. The van der Waals surface area contributed by atoms with Crippen LogP contribution >= 0.6 is 0 Å². The van der Waals surface area contributed by atoms with Gasteiger partial charge in [-0.2, -0.15) is 5.10 Å². The first-order chi connectivity index (χ1) is 8.66. The van der Waals surface area contributed by atoms with Crippen molar-refractivity contribution in [1.29, 1.82) is 0 Å². The minimum absolute atomic E-state index is 0.147. The molecule has 1 atom stereocenters. The second-order valence-corrected chi connectivity index (χ2v) is 4.51. The molecule has 2 rings (SSSR count). The van der Waals surface area contributed by atoms with Gasteiger partial charge < -0.3 is 10.5 Å². The Morgan fingerprint density at radius 2 is 2.00 bits per heavy atom. The summed E-state index contributed by atoms with van der Waals surface area (Å²) in [5, 5.41) is 6.95. The summed E-state index contributed by atoms with van der Waals surface area (Å²) in [6, 6.07) is 9.45. The maximum Gasteiger partial charge on any atom is 0.167 e. The van der Waals surface area contributed by atoms with Gasteiger partial charge >= 0.3 is 0 Å². The highest BCUT2D eigenvalue weighted by atomic mass is 16.5. The number of hydrogen-bond donors (Lipinski definition) is 2. The van der Waals surface area contributed by atoms with E-state index in [0.29, 0.717) is 24.2 Å². The van der Waals surface area contributed by atoms with E-state index in [9.17, 15) is 0 Å². The molecular weight excluding hydrogens is 228 g/mol. The molecular formula is C13H18N4O. The predicted molar refractivity (Wildman–Crippen MR) is 68.9 cm³/mol. The molecule has 0 amide bonds. The molecule has 0 aliphatic carbocycles. The van der Waals surface area contributed by atoms with E-state index >= 15 is 0 Å². The van der Waals surface area contributed by atoms with Crippen LogP contribution < -0.4 is 10.5 Å². The van der Waals surface area contributed by atoms with Crippen molar-refractivity contribution < 1.29 is 4.74 Å². The van der Waals surface area contributed by atoms with Crippen LogP contribution in [0.4, 0.5) is 0 Å². The molecule has 5 heteroatoms. The molecule has 3 N–H and O–H groups in total. The van der Waals surface area contributed by atoms with Crippen LogP contribution in [-0.2, 0) is 6.61 Å². The topological polar surface area (TPSA) is 76.8 Å². The molecule has 96 valence electrons.